The summed E-state index contributed by atoms with van der Waals surface area (Å²) in [5.41, 5.74) is 3.88. The Labute approximate surface area is 124 Å². The summed E-state index contributed by atoms with van der Waals surface area (Å²) in [5.74, 6) is 0.609. The van der Waals surface area contributed by atoms with Crippen molar-refractivity contribution in [3.05, 3.63) is 47.5 Å². The highest BCUT2D eigenvalue weighted by atomic mass is 19.1. The van der Waals surface area contributed by atoms with E-state index in [1.165, 1.54) is 6.07 Å². The van der Waals surface area contributed by atoms with E-state index >= 15 is 0 Å². The number of aromatic nitrogens is 1. The molecule has 1 aromatic heterocycles. The lowest BCUT2D eigenvalue weighted by Crippen LogP contribution is -2.25. The predicted molar refractivity (Wildman–Crippen MR) is 80.8 cm³/mol. The summed E-state index contributed by atoms with van der Waals surface area (Å²) in [6.45, 7) is 5.43. The summed E-state index contributed by atoms with van der Waals surface area (Å²) in [6.07, 6.45) is 4.45. The van der Waals surface area contributed by atoms with Gasteiger partial charge in [0.1, 0.15) is 11.6 Å². The zero-order valence-electron chi connectivity index (χ0n) is 12.3. The van der Waals surface area contributed by atoms with E-state index in [0.717, 1.165) is 41.0 Å². The van der Waals surface area contributed by atoms with Gasteiger partial charge in [-0.15, -0.1) is 0 Å². The molecule has 3 rings (SSSR count). The van der Waals surface area contributed by atoms with E-state index in [-0.39, 0.29) is 11.9 Å². The third-order valence-electron chi connectivity index (χ3n) is 3.62. The van der Waals surface area contributed by atoms with Crippen molar-refractivity contribution in [2.24, 2.45) is 0 Å². The van der Waals surface area contributed by atoms with Crippen LogP contribution >= 0.6 is 0 Å². The number of ether oxygens (including phenoxy) is 1. The first-order chi connectivity index (χ1) is 10.1. The van der Waals surface area contributed by atoms with E-state index in [1.54, 1.807) is 6.20 Å². The van der Waals surface area contributed by atoms with Gasteiger partial charge < -0.3 is 10.1 Å². The number of pyridine rings is 1. The van der Waals surface area contributed by atoms with E-state index in [0.29, 0.717) is 6.54 Å². The van der Waals surface area contributed by atoms with E-state index < -0.39 is 0 Å². The van der Waals surface area contributed by atoms with Crippen LogP contribution < -0.4 is 10.1 Å². The topological polar surface area (TPSA) is 34.1 Å². The van der Waals surface area contributed by atoms with Gasteiger partial charge in [-0.1, -0.05) is 6.07 Å². The van der Waals surface area contributed by atoms with Gasteiger partial charge in [-0.2, -0.15) is 0 Å². The molecule has 1 aliphatic heterocycles. The molecule has 1 N–H and O–H groups in total. The smallest absolute Gasteiger partial charge is 0.138 e. The van der Waals surface area contributed by atoms with Crippen LogP contribution in [0.5, 0.6) is 5.75 Å². The molecule has 1 aliphatic rings. The van der Waals surface area contributed by atoms with Crippen LogP contribution in [0.4, 0.5) is 4.39 Å². The maximum absolute atomic E-state index is 13.9. The molecule has 1 aromatic carbocycles. The Hall–Kier alpha value is -1.94. The first-order valence-electron chi connectivity index (χ1n) is 7.28. The third kappa shape index (κ3) is 2.90. The van der Waals surface area contributed by atoms with Gasteiger partial charge in [0.15, 0.2) is 0 Å². The number of hydrogen-bond acceptors (Lipinski definition) is 3. The van der Waals surface area contributed by atoms with E-state index in [1.807, 2.05) is 32.2 Å². The molecule has 21 heavy (non-hydrogen) atoms. The zero-order valence-corrected chi connectivity index (χ0v) is 12.3. The molecule has 0 aliphatic carbocycles. The van der Waals surface area contributed by atoms with Crippen molar-refractivity contribution in [1.29, 1.82) is 0 Å². The van der Waals surface area contributed by atoms with Crippen LogP contribution in [-0.2, 0) is 13.0 Å². The lowest BCUT2D eigenvalue weighted by atomic mass is 9.91. The monoisotopic (exact) mass is 286 g/mol. The van der Waals surface area contributed by atoms with Crippen molar-refractivity contribution in [2.75, 3.05) is 6.54 Å². The molecule has 0 amide bonds. The van der Waals surface area contributed by atoms with Crippen LogP contribution in [0.2, 0.25) is 0 Å². The summed E-state index contributed by atoms with van der Waals surface area (Å²) >= 11 is 0. The first-order valence-corrected chi connectivity index (χ1v) is 7.28. The van der Waals surface area contributed by atoms with E-state index in [2.05, 4.69) is 10.3 Å². The standard InChI is InChI=1S/C17H19FN2O/c1-11(2)21-13-7-12(8-20-9-13)14-3-4-17(18)16-10-19-6-5-15(14)16/h3-4,7-9,11,19H,5-6,10H2,1-2H3. The fourth-order valence-electron chi connectivity index (χ4n) is 2.74. The second kappa shape index (κ2) is 5.82. The number of hydrogen-bond donors (Lipinski definition) is 1. The van der Waals surface area contributed by atoms with Gasteiger partial charge in [-0.25, -0.2) is 4.39 Å². The van der Waals surface area contributed by atoms with Gasteiger partial charge in [-0.3, -0.25) is 4.98 Å². The van der Waals surface area contributed by atoms with Crippen molar-refractivity contribution in [2.45, 2.75) is 32.9 Å². The average molecular weight is 286 g/mol. The Morgan fingerprint density at radius 1 is 1.24 bits per heavy atom. The van der Waals surface area contributed by atoms with Gasteiger partial charge in [-0.05, 0) is 50.1 Å². The number of fused-ring (bicyclic) bond motifs is 1. The fraction of sp³-hybridized carbons (Fsp3) is 0.353. The maximum atomic E-state index is 13.9. The maximum Gasteiger partial charge on any atom is 0.138 e. The summed E-state index contributed by atoms with van der Waals surface area (Å²) in [4.78, 5) is 4.25. The van der Waals surface area contributed by atoms with Crippen molar-refractivity contribution in [3.63, 3.8) is 0 Å². The first kappa shape index (κ1) is 14.0. The van der Waals surface area contributed by atoms with Crippen LogP contribution in [0.3, 0.4) is 0 Å². The molecule has 2 aromatic rings. The van der Waals surface area contributed by atoms with Crippen LogP contribution in [-0.4, -0.2) is 17.6 Å². The Morgan fingerprint density at radius 3 is 2.90 bits per heavy atom. The summed E-state index contributed by atoms with van der Waals surface area (Å²) < 4.78 is 19.6. The Balaban J connectivity index is 2.04. The normalized spacial score (nSPS) is 14.1. The molecule has 0 saturated carbocycles. The quantitative estimate of drug-likeness (QED) is 0.940. The lowest BCUT2D eigenvalue weighted by molar-refractivity contribution is 0.241. The molecule has 0 unspecified atom stereocenters. The van der Waals surface area contributed by atoms with Crippen molar-refractivity contribution < 1.29 is 9.13 Å². The molecular weight excluding hydrogens is 267 g/mol. The highest BCUT2D eigenvalue weighted by molar-refractivity contribution is 5.69. The Kier molecular flexibility index (Phi) is 3.88. The minimum absolute atomic E-state index is 0.105. The molecular formula is C17H19FN2O. The molecule has 0 bridgehead atoms. The molecule has 110 valence electrons. The molecule has 0 saturated heterocycles. The second-order valence-corrected chi connectivity index (χ2v) is 5.55. The molecule has 0 radical (unpaired) electrons. The molecule has 0 fully saturated rings. The van der Waals surface area contributed by atoms with Gasteiger partial charge in [0.25, 0.3) is 0 Å². The summed E-state index contributed by atoms with van der Waals surface area (Å²) in [5, 5.41) is 3.22. The highest BCUT2D eigenvalue weighted by Gasteiger charge is 2.18. The number of rotatable bonds is 3. The number of nitrogens with one attached hydrogen (secondary N) is 1. The predicted octanol–water partition coefficient (Wildman–Crippen LogP) is 3.32. The van der Waals surface area contributed by atoms with Gasteiger partial charge in [0, 0.05) is 23.9 Å². The lowest BCUT2D eigenvalue weighted by Gasteiger charge is -2.21. The molecule has 4 heteroatoms. The van der Waals surface area contributed by atoms with Crippen molar-refractivity contribution in [1.82, 2.24) is 10.3 Å². The molecule has 0 spiro atoms. The SMILES string of the molecule is CC(C)Oc1cncc(-c2ccc(F)c3c2CCNC3)c1. The third-order valence-corrected chi connectivity index (χ3v) is 3.62. The van der Waals surface area contributed by atoms with Gasteiger partial charge in [0.2, 0.25) is 0 Å². The minimum atomic E-state index is -0.136. The van der Waals surface area contributed by atoms with Crippen LogP contribution in [0.1, 0.15) is 25.0 Å². The van der Waals surface area contributed by atoms with Crippen molar-refractivity contribution >= 4 is 0 Å². The summed E-state index contributed by atoms with van der Waals surface area (Å²) in [6, 6.07) is 5.36. The Bertz CT molecular complexity index is 655. The average Bonchev–Trinajstić information content (AvgIpc) is 2.47. The van der Waals surface area contributed by atoms with Gasteiger partial charge in [0.05, 0.1) is 12.3 Å². The highest BCUT2D eigenvalue weighted by Crippen LogP contribution is 2.31. The van der Waals surface area contributed by atoms with Crippen LogP contribution in [0.25, 0.3) is 11.1 Å². The van der Waals surface area contributed by atoms with Gasteiger partial charge >= 0.3 is 0 Å². The van der Waals surface area contributed by atoms with Crippen molar-refractivity contribution in [3.8, 4) is 16.9 Å². The van der Waals surface area contributed by atoms with Crippen LogP contribution in [0.15, 0.2) is 30.6 Å². The number of nitrogens with zero attached hydrogens (tertiary/aromatic N) is 1. The van der Waals surface area contributed by atoms with Crippen LogP contribution in [0, 0.1) is 5.82 Å². The Morgan fingerprint density at radius 2 is 2.10 bits per heavy atom. The molecule has 3 nitrogen and oxygen atoms in total. The largest absolute Gasteiger partial charge is 0.489 e. The van der Waals surface area contributed by atoms with E-state index in [9.17, 15) is 4.39 Å². The summed E-state index contributed by atoms with van der Waals surface area (Å²) in [7, 11) is 0. The number of benzene rings is 1. The molecule has 0 atom stereocenters. The minimum Gasteiger partial charge on any atom is -0.489 e. The zero-order chi connectivity index (χ0) is 14.8. The molecule has 2 heterocycles. The fourth-order valence-corrected chi connectivity index (χ4v) is 2.74. The van der Waals surface area contributed by atoms with E-state index in [4.69, 9.17) is 4.74 Å². The number of halogens is 1. The second-order valence-electron chi connectivity index (χ2n) is 5.55.